The topological polar surface area (TPSA) is 89.9 Å². The van der Waals surface area contributed by atoms with Gasteiger partial charge in [-0.05, 0) is 37.1 Å². The first-order chi connectivity index (χ1) is 11.9. The van der Waals surface area contributed by atoms with E-state index < -0.39 is 17.9 Å². The summed E-state index contributed by atoms with van der Waals surface area (Å²) in [5, 5.41) is 21.1. The van der Waals surface area contributed by atoms with Crippen molar-refractivity contribution in [2.75, 3.05) is 6.61 Å². The average molecular weight is 380 g/mol. The molecule has 0 saturated carbocycles. The number of thioether (sulfide) groups is 1. The van der Waals surface area contributed by atoms with Crippen molar-refractivity contribution in [3.63, 3.8) is 0 Å². The first kappa shape index (κ1) is 19.3. The molecule has 1 aliphatic rings. The zero-order valence-electron chi connectivity index (χ0n) is 13.9. The lowest BCUT2D eigenvalue weighted by atomic mass is 10.1. The fraction of sp³-hybridized carbons (Fsp3) is 0.353. The highest BCUT2D eigenvalue weighted by Gasteiger charge is 2.37. The number of carboxylic acid groups (broad SMARTS) is 1. The van der Waals surface area contributed by atoms with Crippen LogP contribution >= 0.6 is 24.0 Å². The van der Waals surface area contributed by atoms with Crippen molar-refractivity contribution in [3.8, 4) is 11.5 Å². The molecule has 0 aliphatic carbocycles. The number of aliphatic carboxylic acids is 1. The van der Waals surface area contributed by atoms with Gasteiger partial charge in [-0.25, -0.2) is 0 Å². The number of phenolic OH excluding ortho intramolecular Hbond substituents is 1. The van der Waals surface area contributed by atoms with Gasteiger partial charge in [0.25, 0.3) is 5.91 Å². The van der Waals surface area contributed by atoms with E-state index in [1.807, 2.05) is 6.92 Å². The number of ether oxygens (including phenoxy) is 1. The molecule has 8 heteroatoms. The Hall–Kier alpha value is -2.06. The third-order valence-corrected chi connectivity index (χ3v) is 4.88. The summed E-state index contributed by atoms with van der Waals surface area (Å²) in [6, 6.07) is 3.64. The number of carbonyl (C=O) groups excluding carboxylic acids is 2. The fourth-order valence-electron chi connectivity index (χ4n) is 2.42. The van der Waals surface area contributed by atoms with Gasteiger partial charge in [0.1, 0.15) is 4.32 Å². The summed E-state index contributed by atoms with van der Waals surface area (Å²) < 4.78 is 5.52. The highest BCUT2D eigenvalue weighted by Crippen LogP contribution is 2.36. The Morgan fingerprint density at radius 2 is 2.20 bits per heavy atom. The minimum atomic E-state index is -1.32. The van der Waals surface area contributed by atoms with Crippen molar-refractivity contribution in [1.82, 2.24) is 4.90 Å². The van der Waals surface area contributed by atoms with Crippen LogP contribution in [-0.4, -0.2) is 38.9 Å². The third-order valence-electron chi connectivity index (χ3n) is 3.55. The second-order valence-electron chi connectivity index (χ2n) is 5.34. The minimum Gasteiger partial charge on any atom is -0.548 e. The van der Waals surface area contributed by atoms with Crippen LogP contribution in [0.5, 0.6) is 11.5 Å². The second-order valence-corrected chi connectivity index (χ2v) is 7.01. The number of hydrogen-bond acceptors (Lipinski definition) is 7. The zero-order valence-corrected chi connectivity index (χ0v) is 15.5. The van der Waals surface area contributed by atoms with E-state index in [0.717, 1.165) is 16.7 Å². The molecule has 1 aromatic carbocycles. The lowest BCUT2D eigenvalue weighted by Crippen LogP contribution is -2.49. The van der Waals surface area contributed by atoms with Gasteiger partial charge in [-0.3, -0.25) is 9.69 Å². The largest absolute Gasteiger partial charge is 0.548 e. The number of hydrogen-bond donors (Lipinski definition) is 1. The Morgan fingerprint density at radius 1 is 1.48 bits per heavy atom. The van der Waals surface area contributed by atoms with Crippen molar-refractivity contribution >= 4 is 46.3 Å². The van der Waals surface area contributed by atoms with Gasteiger partial charge < -0.3 is 19.7 Å². The molecule has 1 amide bonds. The number of amides is 1. The standard InChI is InChI=1S/C17H19NO5S2/c1-3-5-11(16(21)22)18-15(20)14(25-17(18)24)9-10-6-7-12(19)13(8-10)23-4-2/h6-9,11,19H,3-5H2,1-2H3,(H,21,22)/p-1. The summed E-state index contributed by atoms with van der Waals surface area (Å²) in [5.74, 6) is -1.46. The molecular formula is C17H18NO5S2-. The van der Waals surface area contributed by atoms with Crippen molar-refractivity contribution in [2.24, 2.45) is 0 Å². The number of carbonyl (C=O) groups is 2. The van der Waals surface area contributed by atoms with Crippen LogP contribution in [0.3, 0.4) is 0 Å². The molecule has 2 rings (SSSR count). The van der Waals surface area contributed by atoms with Crippen LogP contribution in [0, 0.1) is 0 Å². The van der Waals surface area contributed by atoms with Crippen LogP contribution in [0.1, 0.15) is 32.3 Å². The molecule has 0 aromatic heterocycles. The summed E-state index contributed by atoms with van der Waals surface area (Å²) >= 11 is 6.23. The summed E-state index contributed by atoms with van der Waals surface area (Å²) in [6.07, 6.45) is 2.46. The Bertz CT molecular complexity index is 732. The lowest BCUT2D eigenvalue weighted by molar-refractivity contribution is -0.310. The van der Waals surface area contributed by atoms with Gasteiger partial charge in [-0.15, -0.1) is 0 Å². The Labute approximate surface area is 155 Å². The molecule has 25 heavy (non-hydrogen) atoms. The predicted molar refractivity (Wildman–Crippen MR) is 98.0 cm³/mol. The first-order valence-corrected chi connectivity index (χ1v) is 9.05. The SMILES string of the molecule is CCCC(C(=O)[O-])N1C(=O)C(=Cc2ccc(O)c(OCC)c2)SC1=S. The molecule has 0 bridgehead atoms. The summed E-state index contributed by atoms with van der Waals surface area (Å²) in [5.41, 5.74) is 0.641. The maximum atomic E-state index is 12.6. The number of phenols is 1. The summed E-state index contributed by atoms with van der Waals surface area (Å²) in [4.78, 5) is 25.4. The van der Waals surface area contributed by atoms with E-state index in [9.17, 15) is 19.8 Å². The normalized spacial score (nSPS) is 17.2. The van der Waals surface area contributed by atoms with Crippen molar-refractivity contribution in [3.05, 3.63) is 28.7 Å². The van der Waals surface area contributed by atoms with Crippen LogP contribution in [0.25, 0.3) is 6.08 Å². The van der Waals surface area contributed by atoms with Gasteiger partial charge in [0.15, 0.2) is 11.5 Å². The Balaban J connectivity index is 2.31. The molecule has 1 heterocycles. The molecule has 1 saturated heterocycles. The van der Waals surface area contributed by atoms with Crippen LogP contribution < -0.4 is 9.84 Å². The van der Waals surface area contributed by atoms with E-state index in [0.29, 0.717) is 29.2 Å². The number of benzene rings is 1. The fourth-order valence-corrected chi connectivity index (χ4v) is 3.77. The van der Waals surface area contributed by atoms with Crippen molar-refractivity contribution < 1.29 is 24.5 Å². The van der Waals surface area contributed by atoms with E-state index >= 15 is 0 Å². The maximum Gasteiger partial charge on any atom is 0.266 e. The average Bonchev–Trinajstić information content (AvgIpc) is 2.82. The van der Waals surface area contributed by atoms with Gasteiger partial charge in [-0.2, -0.15) is 0 Å². The molecule has 1 unspecified atom stereocenters. The molecular weight excluding hydrogens is 362 g/mol. The predicted octanol–water partition coefficient (Wildman–Crippen LogP) is 1.91. The number of carboxylic acids is 1. The first-order valence-electron chi connectivity index (χ1n) is 7.82. The van der Waals surface area contributed by atoms with E-state index in [4.69, 9.17) is 17.0 Å². The Kier molecular flexibility index (Phi) is 6.44. The molecule has 134 valence electrons. The van der Waals surface area contributed by atoms with Gasteiger partial charge in [0.05, 0.1) is 23.5 Å². The molecule has 1 aromatic rings. The van der Waals surface area contributed by atoms with Crippen molar-refractivity contribution in [2.45, 2.75) is 32.7 Å². The van der Waals surface area contributed by atoms with Crippen molar-refractivity contribution in [1.29, 1.82) is 0 Å². The quantitative estimate of drug-likeness (QED) is 0.571. The molecule has 6 nitrogen and oxygen atoms in total. The molecule has 0 radical (unpaired) electrons. The molecule has 1 fully saturated rings. The van der Waals surface area contributed by atoms with Gasteiger partial charge in [0, 0.05) is 0 Å². The molecule has 1 aliphatic heterocycles. The third kappa shape index (κ3) is 4.32. The van der Waals surface area contributed by atoms with Crippen LogP contribution in [0.2, 0.25) is 0 Å². The summed E-state index contributed by atoms with van der Waals surface area (Å²) in [6.45, 7) is 4.02. The maximum absolute atomic E-state index is 12.6. The van der Waals surface area contributed by atoms with Crippen LogP contribution in [0.4, 0.5) is 0 Å². The van der Waals surface area contributed by atoms with Gasteiger partial charge in [-0.1, -0.05) is 43.4 Å². The van der Waals surface area contributed by atoms with Crippen LogP contribution in [0.15, 0.2) is 23.1 Å². The van der Waals surface area contributed by atoms with E-state index in [1.54, 1.807) is 25.1 Å². The lowest BCUT2D eigenvalue weighted by Gasteiger charge is -2.27. The second kappa shape index (κ2) is 8.35. The van der Waals surface area contributed by atoms with E-state index in [2.05, 4.69) is 0 Å². The monoisotopic (exact) mass is 380 g/mol. The molecule has 0 spiro atoms. The summed E-state index contributed by atoms with van der Waals surface area (Å²) in [7, 11) is 0. The Morgan fingerprint density at radius 3 is 2.80 bits per heavy atom. The van der Waals surface area contributed by atoms with Crippen LogP contribution in [-0.2, 0) is 9.59 Å². The smallest absolute Gasteiger partial charge is 0.266 e. The van der Waals surface area contributed by atoms with Gasteiger partial charge >= 0.3 is 0 Å². The molecule has 1 atom stereocenters. The number of thiocarbonyl (C=S) groups is 1. The number of nitrogens with zero attached hydrogens (tertiary/aromatic N) is 1. The van der Waals surface area contributed by atoms with E-state index in [-0.39, 0.29) is 16.5 Å². The number of rotatable bonds is 7. The zero-order chi connectivity index (χ0) is 18.6. The molecule has 1 N–H and O–H groups in total. The van der Waals surface area contributed by atoms with E-state index in [1.165, 1.54) is 6.07 Å². The highest BCUT2D eigenvalue weighted by atomic mass is 32.2. The minimum absolute atomic E-state index is 0.00603. The van der Waals surface area contributed by atoms with Gasteiger partial charge in [0.2, 0.25) is 0 Å². The highest BCUT2D eigenvalue weighted by molar-refractivity contribution is 8.26. The number of aromatic hydroxyl groups is 1.